The molecule has 2 heterocycles. The van der Waals surface area contributed by atoms with Crippen molar-refractivity contribution in [3.05, 3.63) is 54.4 Å². The normalized spacial score (nSPS) is 15.5. The number of likely N-dealkylation sites (tertiary alicyclic amines) is 1. The smallest absolute Gasteiger partial charge is 0.255 e. The predicted molar refractivity (Wildman–Crippen MR) is 101 cm³/mol. The second-order valence-electron chi connectivity index (χ2n) is 6.50. The first-order chi connectivity index (χ1) is 13.0. The summed E-state index contributed by atoms with van der Waals surface area (Å²) in [5.74, 6) is 0.788. The molecule has 0 aliphatic carbocycles. The number of carbonyl (C=O) groups excluding carboxylic acids is 1. The lowest BCUT2D eigenvalue weighted by Gasteiger charge is -2.32. The van der Waals surface area contributed by atoms with Gasteiger partial charge in [-0.05, 0) is 55.2 Å². The first-order valence-corrected chi connectivity index (χ1v) is 10.3. The Kier molecular flexibility index (Phi) is 6.08. The Morgan fingerprint density at radius 1 is 1.22 bits per heavy atom. The number of benzene rings is 1. The first-order valence-electron chi connectivity index (χ1n) is 8.82. The van der Waals surface area contributed by atoms with Gasteiger partial charge in [0.25, 0.3) is 5.91 Å². The maximum atomic E-state index is 12.4. The molecule has 144 valence electrons. The monoisotopic (exact) mass is 389 g/mol. The van der Waals surface area contributed by atoms with Gasteiger partial charge in [-0.1, -0.05) is 0 Å². The zero-order valence-corrected chi connectivity index (χ0v) is 16.0. The van der Waals surface area contributed by atoms with E-state index in [1.165, 1.54) is 19.2 Å². The summed E-state index contributed by atoms with van der Waals surface area (Å²) in [5.41, 5.74) is 0.580. The van der Waals surface area contributed by atoms with Crippen LogP contribution in [-0.2, 0) is 10.0 Å². The topological polar surface area (TPSA) is 88.6 Å². The van der Waals surface area contributed by atoms with Crippen LogP contribution in [0.5, 0.6) is 5.75 Å². The molecule has 1 saturated heterocycles. The maximum absolute atomic E-state index is 12.4. The highest BCUT2D eigenvalue weighted by Gasteiger charge is 2.25. The van der Waals surface area contributed by atoms with Crippen LogP contribution < -0.4 is 9.46 Å². The lowest BCUT2D eigenvalue weighted by molar-refractivity contribution is 0.0691. The van der Waals surface area contributed by atoms with Gasteiger partial charge in [-0.25, -0.2) is 13.1 Å². The van der Waals surface area contributed by atoms with E-state index in [4.69, 9.17) is 4.74 Å². The third kappa shape index (κ3) is 4.84. The molecule has 1 N–H and O–H groups in total. The van der Waals surface area contributed by atoms with Gasteiger partial charge in [0.1, 0.15) is 5.75 Å². The SMILES string of the molecule is COc1ccc(S(=O)(=O)NCC2CCN(C(=O)c3cccnc3)CC2)cc1. The average molecular weight is 389 g/mol. The standard InChI is InChI=1S/C19H23N3O4S/c1-26-17-4-6-18(7-5-17)27(24,25)21-13-15-8-11-22(12-9-15)19(23)16-3-2-10-20-14-16/h2-7,10,14-15,21H,8-9,11-13H2,1H3. The molecule has 0 unspecified atom stereocenters. The number of carbonyl (C=O) groups is 1. The van der Waals surface area contributed by atoms with Gasteiger partial charge < -0.3 is 9.64 Å². The summed E-state index contributed by atoms with van der Waals surface area (Å²) >= 11 is 0. The number of sulfonamides is 1. The number of hydrogen-bond acceptors (Lipinski definition) is 5. The summed E-state index contributed by atoms with van der Waals surface area (Å²) in [6.07, 6.45) is 4.73. The molecule has 0 saturated carbocycles. The zero-order chi connectivity index (χ0) is 19.3. The van der Waals surface area contributed by atoms with Crippen LogP contribution in [0.15, 0.2) is 53.7 Å². The van der Waals surface area contributed by atoms with Gasteiger partial charge in [0, 0.05) is 32.0 Å². The minimum absolute atomic E-state index is 0.0274. The van der Waals surface area contributed by atoms with Gasteiger partial charge in [0.05, 0.1) is 17.6 Å². The molecule has 0 atom stereocenters. The molecule has 3 rings (SSSR count). The Balaban J connectivity index is 1.51. The fourth-order valence-electron chi connectivity index (χ4n) is 3.08. The summed E-state index contributed by atoms with van der Waals surface area (Å²) in [6.45, 7) is 1.59. The molecule has 1 aromatic carbocycles. The van der Waals surface area contributed by atoms with E-state index in [1.54, 1.807) is 41.6 Å². The van der Waals surface area contributed by atoms with Gasteiger partial charge in [-0.2, -0.15) is 0 Å². The molecule has 1 fully saturated rings. The van der Waals surface area contributed by atoms with E-state index in [1.807, 2.05) is 0 Å². The number of nitrogens with one attached hydrogen (secondary N) is 1. The minimum Gasteiger partial charge on any atom is -0.497 e. The van der Waals surface area contributed by atoms with Crippen LogP contribution in [0.4, 0.5) is 0 Å². The van der Waals surface area contributed by atoms with Crippen LogP contribution in [0.3, 0.4) is 0 Å². The van der Waals surface area contributed by atoms with Gasteiger partial charge in [0.15, 0.2) is 0 Å². The molecule has 7 nitrogen and oxygen atoms in total. The van der Waals surface area contributed by atoms with Gasteiger partial charge in [-0.15, -0.1) is 0 Å². The minimum atomic E-state index is -3.55. The molecule has 2 aromatic rings. The van der Waals surface area contributed by atoms with E-state index >= 15 is 0 Å². The summed E-state index contributed by atoms with van der Waals surface area (Å²) in [4.78, 5) is 18.4. The Labute approximate surface area is 159 Å². The Hall–Kier alpha value is -2.45. The highest BCUT2D eigenvalue weighted by molar-refractivity contribution is 7.89. The third-order valence-electron chi connectivity index (χ3n) is 4.74. The van der Waals surface area contributed by atoms with Gasteiger partial charge >= 0.3 is 0 Å². The third-order valence-corrected chi connectivity index (χ3v) is 6.18. The van der Waals surface area contributed by atoms with Crippen LogP contribution in [0.25, 0.3) is 0 Å². The molecule has 27 heavy (non-hydrogen) atoms. The van der Waals surface area contributed by atoms with E-state index in [2.05, 4.69) is 9.71 Å². The van der Waals surface area contributed by atoms with Gasteiger partial charge in [-0.3, -0.25) is 9.78 Å². The number of nitrogens with zero attached hydrogens (tertiary/aromatic N) is 2. The second kappa shape index (κ2) is 8.49. The highest BCUT2D eigenvalue weighted by atomic mass is 32.2. The van der Waals surface area contributed by atoms with Crippen molar-refractivity contribution in [2.24, 2.45) is 5.92 Å². The summed E-state index contributed by atoms with van der Waals surface area (Å²) in [5, 5.41) is 0. The molecule has 1 amide bonds. The molecule has 0 radical (unpaired) electrons. The van der Waals surface area contributed by atoms with Crippen molar-refractivity contribution in [1.82, 2.24) is 14.6 Å². The van der Waals surface area contributed by atoms with Crippen molar-refractivity contribution in [2.75, 3.05) is 26.7 Å². The molecule has 1 aliphatic heterocycles. The Morgan fingerprint density at radius 3 is 2.52 bits per heavy atom. The van der Waals surface area contributed by atoms with Crippen molar-refractivity contribution in [2.45, 2.75) is 17.7 Å². The lowest BCUT2D eigenvalue weighted by Crippen LogP contribution is -2.41. The van der Waals surface area contributed by atoms with Gasteiger partial charge in [0.2, 0.25) is 10.0 Å². The van der Waals surface area contributed by atoms with Crippen LogP contribution in [0.2, 0.25) is 0 Å². The number of ether oxygens (including phenoxy) is 1. The fourth-order valence-corrected chi connectivity index (χ4v) is 4.19. The number of pyridine rings is 1. The van der Waals surface area contributed by atoms with Crippen molar-refractivity contribution >= 4 is 15.9 Å². The van der Waals surface area contributed by atoms with E-state index < -0.39 is 10.0 Å². The van der Waals surface area contributed by atoms with E-state index in [-0.39, 0.29) is 16.7 Å². The van der Waals surface area contributed by atoms with Crippen molar-refractivity contribution in [3.8, 4) is 5.75 Å². The summed E-state index contributed by atoms with van der Waals surface area (Å²) in [6, 6.07) is 9.79. The van der Waals surface area contributed by atoms with Crippen LogP contribution >= 0.6 is 0 Å². The number of rotatable bonds is 6. The fraction of sp³-hybridized carbons (Fsp3) is 0.368. The number of amides is 1. The van der Waals surface area contributed by atoms with Crippen molar-refractivity contribution in [1.29, 1.82) is 0 Å². The van der Waals surface area contributed by atoms with Crippen molar-refractivity contribution in [3.63, 3.8) is 0 Å². The Bertz CT molecular complexity index is 862. The zero-order valence-electron chi connectivity index (χ0n) is 15.2. The largest absolute Gasteiger partial charge is 0.497 e. The molecule has 1 aliphatic rings. The van der Waals surface area contributed by atoms with E-state index in [9.17, 15) is 13.2 Å². The molecular weight excluding hydrogens is 366 g/mol. The highest BCUT2D eigenvalue weighted by Crippen LogP contribution is 2.20. The summed E-state index contributed by atoms with van der Waals surface area (Å²) in [7, 11) is -2.02. The average Bonchev–Trinajstić information content (AvgIpc) is 2.73. The molecule has 0 bridgehead atoms. The number of piperidine rings is 1. The summed E-state index contributed by atoms with van der Waals surface area (Å²) < 4.78 is 32.5. The first kappa shape index (κ1) is 19.3. The number of hydrogen-bond donors (Lipinski definition) is 1. The molecular formula is C19H23N3O4S. The predicted octanol–water partition coefficient (Wildman–Crippen LogP) is 1.92. The van der Waals surface area contributed by atoms with Crippen molar-refractivity contribution < 1.29 is 17.9 Å². The second-order valence-corrected chi connectivity index (χ2v) is 8.27. The van der Waals surface area contributed by atoms with Crippen LogP contribution in [0, 0.1) is 5.92 Å². The van der Waals surface area contributed by atoms with Crippen LogP contribution in [-0.4, -0.2) is 51.0 Å². The quantitative estimate of drug-likeness (QED) is 0.815. The van der Waals surface area contributed by atoms with Crippen LogP contribution in [0.1, 0.15) is 23.2 Å². The molecule has 1 aromatic heterocycles. The number of methoxy groups -OCH3 is 1. The molecule has 0 spiro atoms. The van der Waals surface area contributed by atoms with E-state index in [0.29, 0.717) is 30.9 Å². The lowest BCUT2D eigenvalue weighted by atomic mass is 9.97. The number of aromatic nitrogens is 1. The maximum Gasteiger partial charge on any atom is 0.255 e. The Morgan fingerprint density at radius 2 is 1.93 bits per heavy atom. The molecule has 8 heteroatoms. The van der Waals surface area contributed by atoms with E-state index in [0.717, 1.165) is 12.8 Å².